The Morgan fingerprint density at radius 3 is 1.29 bits per heavy atom. The molecule has 18 nitrogen and oxygen atoms in total. The minimum atomic E-state index is -4.93. The number of carbonyl (C=O) groups is 4. The van der Waals surface area contributed by atoms with Gasteiger partial charge in [0, 0.05) is 56.6 Å². The molecule has 0 atom stereocenters. The molecule has 0 aliphatic carbocycles. The normalized spacial score (nSPS) is 11.4. The van der Waals surface area contributed by atoms with Gasteiger partial charge in [-0.3, -0.25) is 29.2 Å². The Hall–Kier alpha value is -5.86. The molecule has 1 heterocycles. The second kappa shape index (κ2) is 24.7. The first-order valence-electron chi connectivity index (χ1n) is 19.0. The molecule has 0 saturated heterocycles. The van der Waals surface area contributed by atoms with Gasteiger partial charge in [0.2, 0.25) is 11.8 Å². The SMILES string of the molecule is NCCSc1c(NC(=O)CCCCCN=C(N)N)cc(C(F)(F)F)cc1NC(=O)c1cc(C(=O)Nc2cc(C(F)(F)F)cc(NC(=O)CCCCN=C(N)N)c2SCCN)ncn1. The van der Waals surface area contributed by atoms with Gasteiger partial charge in [0.25, 0.3) is 11.8 Å². The van der Waals surface area contributed by atoms with Crippen LogP contribution in [-0.2, 0) is 21.9 Å². The number of nitrogens with two attached hydrogens (primary N) is 6. The summed E-state index contributed by atoms with van der Waals surface area (Å²) in [4.78, 5) is 68.3. The van der Waals surface area contributed by atoms with E-state index < -0.39 is 58.5 Å². The van der Waals surface area contributed by atoms with Crippen molar-refractivity contribution in [1.29, 1.82) is 0 Å². The number of unbranched alkanes of at least 4 members (excludes halogenated alkanes) is 3. The van der Waals surface area contributed by atoms with Gasteiger partial charge >= 0.3 is 12.4 Å². The van der Waals surface area contributed by atoms with Crippen LogP contribution in [0.5, 0.6) is 0 Å². The van der Waals surface area contributed by atoms with Crippen molar-refractivity contribution in [2.24, 2.45) is 44.4 Å². The number of thioether (sulfide) groups is 2. The fourth-order valence-corrected chi connectivity index (χ4v) is 7.09. The molecule has 0 saturated carbocycles. The molecule has 0 bridgehead atoms. The van der Waals surface area contributed by atoms with Crippen molar-refractivity contribution in [3.8, 4) is 0 Å². The van der Waals surface area contributed by atoms with E-state index in [0.29, 0.717) is 56.8 Å². The summed E-state index contributed by atoms with van der Waals surface area (Å²) in [5.74, 6) is -3.37. The van der Waals surface area contributed by atoms with Crippen LogP contribution in [0.4, 0.5) is 49.1 Å². The molecule has 26 heteroatoms. The number of alkyl halides is 6. The summed E-state index contributed by atoms with van der Waals surface area (Å²) in [5, 5.41) is 9.67. The van der Waals surface area contributed by atoms with Crippen LogP contribution >= 0.6 is 23.5 Å². The number of aromatic nitrogens is 2. The summed E-state index contributed by atoms with van der Waals surface area (Å²) in [6, 6.07) is 3.60. The van der Waals surface area contributed by atoms with E-state index in [0.717, 1.165) is 42.0 Å². The lowest BCUT2D eigenvalue weighted by Crippen LogP contribution is -2.23. The van der Waals surface area contributed by atoms with Crippen molar-refractivity contribution in [2.75, 3.05) is 59.0 Å². The highest BCUT2D eigenvalue weighted by molar-refractivity contribution is 7.99. The quantitative estimate of drug-likeness (QED) is 0.0209. The van der Waals surface area contributed by atoms with Gasteiger partial charge in [-0.15, -0.1) is 23.5 Å². The van der Waals surface area contributed by atoms with Crippen LogP contribution in [0.25, 0.3) is 0 Å². The first kappa shape index (κ1) is 51.5. The average Bonchev–Trinajstić information content (AvgIpc) is 3.20. The zero-order valence-corrected chi connectivity index (χ0v) is 35.3. The van der Waals surface area contributed by atoms with E-state index in [4.69, 9.17) is 34.4 Å². The predicted octanol–water partition coefficient (Wildman–Crippen LogP) is 4.27. The smallest absolute Gasteiger partial charge is 0.370 e. The topological polar surface area (TPSA) is 323 Å². The van der Waals surface area contributed by atoms with Crippen LogP contribution in [-0.4, -0.2) is 83.2 Å². The summed E-state index contributed by atoms with van der Waals surface area (Å²) in [6.45, 7) is 0.695. The standard InChI is InChI=1S/C37H48F6N14O4S2/c38-36(39,40)20-14-22(54-28(58)6-2-1-4-10-50-34(46)47)30(62-12-8-44)24(16-20)56-32(60)26-18-27(53-19-52-26)33(61)57-25-17-21(37(41,42)43)15-23(31(25)63-13-9-45)55-29(59)7-3-5-11-51-35(48)49/h14-19H,1-13,44-45H2,(H,54,58)(H,55,59)(H,56,60)(H,57,61)(H4,46,47,50)(H4,48,49,51). The van der Waals surface area contributed by atoms with E-state index in [1.165, 1.54) is 0 Å². The molecule has 344 valence electrons. The van der Waals surface area contributed by atoms with Crippen molar-refractivity contribution in [3.05, 3.63) is 59.2 Å². The average molecular weight is 931 g/mol. The molecule has 0 radical (unpaired) electrons. The number of guanidine groups is 2. The maximum absolute atomic E-state index is 14.2. The van der Waals surface area contributed by atoms with Crippen LogP contribution in [0.1, 0.15) is 77.0 Å². The Morgan fingerprint density at radius 1 is 0.556 bits per heavy atom. The van der Waals surface area contributed by atoms with E-state index in [1.807, 2.05) is 0 Å². The van der Waals surface area contributed by atoms with Gasteiger partial charge in [-0.2, -0.15) is 26.3 Å². The van der Waals surface area contributed by atoms with Crippen LogP contribution < -0.4 is 55.7 Å². The van der Waals surface area contributed by atoms with Crippen molar-refractivity contribution in [3.63, 3.8) is 0 Å². The lowest BCUT2D eigenvalue weighted by molar-refractivity contribution is -0.138. The van der Waals surface area contributed by atoms with E-state index in [1.54, 1.807) is 0 Å². The van der Waals surface area contributed by atoms with Gasteiger partial charge in [-0.1, -0.05) is 6.42 Å². The number of benzene rings is 2. The molecule has 16 N–H and O–H groups in total. The summed E-state index contributed by atoms with van der Waals surface area (Å²) in [6.07, 6.45) is -7.06. The molecule has 0 unspecified atom stereocenters. The van der Waals surface area contributed by atoms with E-state index >= 15 is 0 Å². The highest BCUT2D eigenvalue weighted by Gasteiger charge is 2.34. The van der Waals surface area contributed by atoms with Gasteiger partial charge in [-0.05, 0) is 49.9 Å². The highest BCUT2D eigenvalue weighted by atomic mass is 32.2. The third-order valence-corrected chi connectivity index (χ3v) is 10.5. The molecule has 2 aromatic carbocycles. The molecular formula is C37H48F6N14O4S2. The summed E-state index contributed by atoms with van der Waals surface area (Å²) in [5.41, 5.74) is 27.7. The van der Waals surface area contributed by atoms with Gasteiger partial charge in [0.15, 0.2) is 11.9 Å². The zero-order chi connectivity index (χ0) is 46.7. The molecule has 4 amide bonds. The van der Waals surface area contributed by atoms with Crippen LogP contribution in [0.15, 0.2) is 56.4 Å². The Morgan fingerprint density at radius 2 is 0.921 bits per heavy atom. The molecule has 3 aromatic rings. The molecule has 0 aliphatic rings. The Bertz CT molecular complexity index is 2130. The number of rotatable bonds is 23. The zero-order valence-electron chi connectivity index (χ0n) is 33.6. The Kier molecular flexibility index (Phi) is 20.2. The predicted molar refractivity (Wildman–Crippen MR) is 231 cm³/mol. The number of nitrogens with one attached hydrogen (secondary N) is 4. The van der Waals surface area contributed by atoms with Gasteiger partial charge in [0.05, 0.1) is 43.7 Å². The number of anilines is 4. The van der Waals surface area contributed by atoms with Gasteiger partial charge in [-0.25, -0.2) is 9.97 Å². The number of hydrogen-bond donors (Lipinski definition) is 10. The first-order chi connectivity index (χ1) is 29.7. The fourth-order valence-electron chi connectivity index (χ4n) is 5.38. The molecule has 63 heavy (non-hydrogen) atoms. The van der Waals surface area contributed by atoms with E-state index in [-0.39, 0.29) is 88.4 Å². The highest BCUT2D eigenvalue weighted by Crippen LogP contribution is 2.43. The number of halogens is 6. The maximum atomic E-state index is 14.2. The van der Waals surface area contributed by atoms with Crippen molar-refractivity contribution >= 4 is 81.8 Å². The minimum absolute atomic E-state index is 0.0282. The minimum Gasteiger partial charge on any atom is -0.370 e. The second-order valence-corrected chi connectivity index (χ2v) is 15.5. The molecule has 1 aromatic heterocycles. The number of hydrogen-bond acceptors (Lipinski definition) is 12. The van der Waals surface area contributed by atoms with E-state index in [9.17, 15) is 45.5 Å². The monoisotopic (exact) mass is 930 g/mol. The molecule has 0 fully saturated rings. The lowest BCUT2D eigenvalue weighted by atomic mass is 10.1. The van der Waals surface area contributed by atoms with Crippen molar-refractivity contribution < 1.29 is 45.5 Å². The van der Waals surface area contributed by atoms with Crippen LogP contribution in [0.2, 0.25) is 0 Å². The lowest BCUT2D eigenvalue weighted by Gasteiger charge is -2.19. The van der Waals surface area contributed by atoms with Crippen LogP contribution in [0, 0.1) is 0 Å². The number of carbonyl (C=O) groups excluding carboxylic acids is 4. The largest absolute Gasteiger partial charge is 0.416 e. The Balaban J connectivity index is 1.94. The number of aliphatic imine (C=N–C) groups is 2. The maximum Gasteiger partial charge on any atom is 0.416 e. The molecule has 3 rings (SSSR count). The van der Waals surface area contributed by atoms with Gasteiger partial charge in [0.1, 0.15) is 17.7 Å². The summed E-state index contributed by atoms with van der Waals surface area (Å²) in [7, 11) is 0. The van der Waals surface area contributed by atoms with E-state index in [2.05, 4.69) is 41.2 Å². The number of nitrogens with zero attached hydrogens (tertiary/aromatic N) is 4. The molecule has 0 spiro atoms. The molecule has 0 aliphatic heterocycles. The molecular weight excluding hydrogens is 883 g/mol. The van der Waals surface area contributed by atoms with Crippen molar-refractivity contribution in [1.82, 2.24) is 9.97 Å². The third kappa shape index (κ3) is 17.4. The van der Waals surface area contributed by atoms with Gasteiger partial charge < -0.3 is 55.7 Å². The summed E-state index contributed by atoms with van der Waals surface area (Å²) < 4.78 is 84.9. The second-order valence-electron chi connectivity index (χ2n) is 13.2. The number of amides is 4. The van der Waals surface area contributed by atoms with Crippen molar-refractivity contribution in [2.45, 2.75) is 67.1 Å². The Labute approximate surface area is 366 Å². The fraction of sp³-hybridized carbons (Fsp3) is 0.405. The first-order valence-corrected chi connectivity index (χ1v) is 21.0. The third-order valence-electron chi connectivity index (χ3n) is 8.20. The summed E-state index contributed by atoms with van der Waals surface area (Å²) >= 11 is 1.90. The van der Waals surface area contributed by atoms with Crippen LogP contribution in [0.3, 0.4) is 0 Å².